The molecule has 0 spiro atoms. The standard InChI is InChI=1S/C21H33N7S.HI/c1-5-19-24-21(29-25-19)28-12-10-27(11-13-28)20(22-6-2)23-15-17-8-7-9-18(14-17)16-26(3)4;/h7-9,14H,5-6,10-13,15-16H2,1-4H3,(H,22,23);1H. The highest BCUT2D eigenvalue weighted by Gasteiger charge is 2.22. The molecule has 1 aromatic carbocycles. The second-order valence-electron chi connectivity index (χ2n) is 7.55. The molecule has 0 amide bonds. The molecule has 0 saturated carbocycles. The van der Waals surface area contributed by atoms with Crippen molar-refractivity contribution in [1.29, 1.82) is 0 Å². The number of aromatic nitrogens is 2. The van der Waals surface area contributed by atoms with Crippen LogP contribution in [0.1, 0.15) is 30.8 Å². The molecule has 1 aromatic heterocycles. The molecule has 0 bridgehead atoms. The molecule has 0 aliphatic carbocycles. The predicted molar refractivity (Wildman–Crippen MR) is 137 cm³/mol. The van der Waals surface area contributed by atoms with E-state index in [1.54, 1.807) is 0 Å². The summed E-state index contributed by atoms with van der Waals surface area (Å²) in [5, 5.41) is 4.50. The molecule has 0 radical (unpaired) electrons. The number of nitrogens with zero attached hydrogens (tertiary/aromatic N) is 6. The van der Waals surface area contributed by atoms with E-state index in [0.29, 0.717) is 6.54 Å². The van der Waals surface area contributed by atoms with Crippen molar-refractivity contribution in [2.45, 2.75) is 33.4 Å². The van der Waals surface area contributed by atoms with Gasteiger partial charge >= 0.3 is 0 Å². The average molecular weight is 544 g/mol. The van der Waals surface area contributed by atoms with Crippen molar-refractivity contribution in [2.75, 3.05) is 51.7 Å². The first-order valence-electron chi connectivity index (χ1n) is 10.4. The van der Waals surface area contributed by atoms with Gasteiger partial charge in [0, 0.05) is 57.2 Å². The third-order valence-electron chi connectivity index (χ3n) is 4.86. The molecular weight excluding hydrogens is 509 g/mol. The van der Waals surface area contributed by atoms with Gasteiger partial charge in [0.15, 0.2) is 5.96 Å². The Morgan fingerprint density at radius 1 is 1.17 bits per heavy atom. The molecule has 0 atom stereocenters. The maximum Gasteiger partial charge on any atom is 0.205 e. The molecular formula is C21H34IN7S. The molecule has 1 aliphatic heterocycles. The summed E-state index contributed by atoms with van der Waals surface area (Å²) in [5.41, 5.74) is 2.57. The SMILES string of the molecule is CCNC(=NCc1cccc(CN(C)C)c1)N1CCN(c2nc(CC)ns2)CC1.I. The summed E-state index contributed by atoms with van der Waals surface area (Å²) in [5.74, 6) is 1.94. The van der Waals surface area contributed by atoms with Crippen molar-refractivity contribution >= 4 is 46.6 Å². The molecule has 166 valence electrons. The van der Waals surface area contributed by atoms with Crippen LogP contribution in [-0.4, -0.2) is 71.9 Å². The predicted octanol–water partition coefficient (Wildman–Crippen LogP) is 3.07. The second kappa shape index (κ2) is 12.4. The average Bonchev–Trinajstić information content (AvgIpc) is 3.20. The third-order valence-corrected chi connectivity index (χ3v) is 5.67. The molecule has 1 aliphatic rings. The van der Waals surface area contributed by atoms with Gasteiger partial charge in [0.25, 0.3) is 0 Å². The maximum absolute atomic E-state index is 4.92. The zero-order valence-corrected chi connectivity index (χ0v) is 21.6. The first-order chi connectivity index (χ1) is 14.1. The van der Waals surface area contributed by atoms with Crippen molar-refractivity contribution in [3.63, 3.8) is 0 Å². The minimum absolute atomic E-state index is 0. The van der Waals surface area contributed by atoms with Gasteiger partial charge in [-0.15, -0.1) is 24.0 Å². The van der Waals surface area contributed by atoms with Gasteiger partial charge in [-0.1, -0.05) is 31.2 Å². The third kappa shape index (κ3) is 7.05. The summed E-state index contributed by atoms with van der Waals surface area (Å²) in [6, 6.07) is 8.72. The normalized spacial score (nSPS) is 14.8. The van der Waals surface area contributed by atoms with Crippen LogP contribution in [0, 0.1) is 0 Å². The minimum atomic E-state index is 0. The van der Waals surface area contributed by atoms with Gasteiger partial charge < -0.3 is 20.0 Å². The van der Waals surface area contributed by atoms with E-state index in [0.717, 1.165) is 62.6 Å². The number of guanidine groups is 1. The fraction of sp³-hybridized carbons (Fsp3) is 0.571. The molecule has 2 aromatic rings. The topological polar surface area (TPSA) is 59.9 Å². The molecule has 30 heavy (non-hydrogen) atoms. The molecule has 1 saturated heterocycles. The molecule has 3 rings (SSSR count). The minimum Gasteiger partial charge on any atom is -0.357 e. The highest BCUT2D eigenvalue weighted by atomic mass is 127. The molecule has 7 nitrogen and oxygen atoms in total. The van der Waals surface area contributed by atoms with Gasteiger partial charge in [0.2, 0.25) is 5.13 Å². The van der Waals surface area contributed by atoms with Crippen LogP contribution in [0.3, 0.4) is 0 Å². The zero-order valence-electron chi connectivity index (χ0n) is 18.5. The number of hydrogen-bond acceptors (Lipinski definition) is 6. The molecule has 1 fully saturated rings. The van der Waals surface area contributed by atoms with Gasteiger partial charge in [0.05, 0.1) is 6.54 Å². The Labute approximate surface area is 201 Å². The molecule has 1 N–H and O–H groups in total. The summed E-state index contributed by atoms with van der Waals surface area (Å²) in [7, 11) is 4.19. The first-order valence-corrected chi connectivity index (χ1v) is 11.2. The lowest BCUT2D eigenvalue weighted by atomic mass is 10.1. The van der Waals surface area contributed by atoms with Crippen LogP contribution >= 0.6 is 35.5 Å². The van der Waals surface area contributed by atoms with Crippen LogP contribution < -0.4 is 10.2 Å². The Hall–Kier alpha value is -1.46. The van der Waals surface area contributed by atoms with E-state index in [9.17, 15) is 0 Å². The van der Waals surface area contributed by atoms with Crippen LogP contribution in [-0.2, 0) is 19.5 Å². The fourth-order valence-corrected chi connectivity index (χ4v) is 4.21. The summed E-state index contributed by atoms with van der Waals surface area (Å²) in [4.78, 5) is 16.4. The number of benzene rings is 1. The Bertz CT molecular complexity index is 800. The molecule has 2 heterocycles. The van der Waals surface area contributed by atoms with Crippen molar-refractivity contribution in [3.05, 3.63) is 41.2 Å². The number of nitrogens with one attached hydrogen (secondary N) is 1. The summed E-state index contributed by atoms with van der Waals surface area (Å²) < 4.78 is 4.42. The Kier molecular flexibility index (Phi) is 10.3. The van der Waals surface area contributed by atoms with Crippen molar-refractivity contribution in [1.82, 2.24) is 24.5 Å². The second-order valence-corrected chi connectivity index (χ2v) is 8.28. The summed E-state index contributed by atoms with van der Waals surface area (Å²) >= 11 is 1.51. The van der Waals surface area contributed by atoms with Gasteiger partial charge in [0.1, 0.15) is 5.82 Å². The highest BCUT2D eigenvalue weighted by molar-refractivity contribution is 14.0. The lowest BCUT2D eigenvalue weighted by Crippen LogP contribution is -2.52. The van der Waals surface area contributed by atoms with Gasteiger partial charge in [-0.05, 0) is 32.1 Å². The maximum atomic E-state index is 4.92. The highest BCUT2D eigenvalue weighted by Crippen LogP contribution is 2.19. The number of hydrogen-bond donors (Lipinski definition) is 1. The van der Waals surface area contributed by atoms with Crippen LogP contribution in [0.15, 0.2) is 29.3 Å². The van der Waals surface area contributed by atoms with Crippen LogP contribution in [0.4, 0.5) is 5.13 Å². The number of aryl methyl sites for hydroxylation is 1. The Morgan fingerprint density at radius 2 is 1.90 bits per heavy atom. The van der Waals surface area contributed by atoms with E-state index in [2.05, 4.69) is 81.6 Å². The van der Waals surface area contributed by atoms with Crippen molar-refractivity contribution in [3.8, 4) is 0 Å². The number of rotatable bonds is 7. The largest absolute Gasteiger partial charge is 0.357 e. The number of halogens is 1. The van der Waals surface area contributed by atoms with Crippen LogP contribution in [0.2, 0.25) is 0 Å². The number of piperazine rings is 1. The quantitative estimate of drug-likeness (QED) is 0.329. The molecule has 0 unspecified atom stereocenters. The van der Waals surface area contributed by atoms with Gasteiger partial charge in [-0.25, -0.2) is 9.98 Å². The van der Waals surface area contributed by atoms with E-state index in [-0.39, 0.29) is 24.0 Å². The Morgan fingerprint density at radius 3 is 2.53 bits per heavy atom. The van der Waals surface area contributed by atoms with Crippen LogP contribution in [0.25, 0.3) is 0 Å². The summed E-state index contributed by atoms with van der Waals surface area (Å²) in [6.07, 6.45) is 0.892. The van der Waals surface area contributed by atoms with Crippen LogP contribution in [0.5, 0.6) is 0 Å². The Balaban J connectivity index is 0.00000320. The number of anilines is 1. The zero-order chi connectivity index (χ0) is 20.6. The lowest BCUT2D eigenvalue weighted by Gasteiger charge is -2.36. The van der Waals surface area contributed by atoms with E-state index in [1.165, 1.54) is 22.7 Å². The number of aliphatic imine (C=N–C) groups is 1. The van der Waals surface area contributed by atoms with E-state index in [1.807, 2.05) is 0 Å². The smallest absolute Gasteiger partial charge is 0.205 e. The fourth-order valence-electron chi connectivity index (χ4n) is 3.41. The van der Waals surface area contributed by atoms with Crippen molar-refractivity contribution < 1.29 is 0 Å². The van der Waals surface area contributed by atoms with Gasteiger partial charge in [-0.3, -0.25) is 0 Å². The lowest BCUT2D eigenvalue weighted by molar-refractivity contribution is 0.372. The van der Waals surface area contributed by atoms with E-state index >= 15 is 0 Å². The van der Waals surface area contributed by atoms with E-state index in [4.69, 9.17) is 4.99 Å². The van der Waals surface area contributed by atoms with Gasteiger partial charge in [-0.2, -0.15) is 4.37 Å². The van der Waals surface area contributed by atoms with Crippen molar-refractivity contribution in [2.24, 2.45) is 4.99 Å². The summed E-state index contributed by atoms with van der Waals surface area (Å²) in [6.45, 7) is 10.5. The monoisotopic (exact) mass is 543 g/mol. The van der Waals surface area contributed by atoms with E-state index < -0.39 is 0 Å². The first kappa shape index (κ1) is 24.8. The molecule has 9 heteroatoms.